The largest absolute Gasteiger partial charge is 0.548 e. The highest BCUT2D eigenvalue weighted by atomic mass is 32.2. The van der Waals surface area contributed by atoms with Gasteiger partial charge < -0.3 is 41.1 Å². The summed E-state index contributed by atoms with van der Waals surface area (Å²) in [5.74, 6) is -4.07. The van der Waals surface area contributed by atoms with Crippen molar-refractivity contribution in [3.63, 3.8) is 0 Å². The predicted octanol–water partition coefficient (Wildman–Crippen LogP) is -4.68. The molecule has 2 saturated heterocycles. The van der Waals surface area contributed by atoms with Crippen molar-refractivity contribution in [1.29, 1.82) is 0 Å². The number of amides is 3. The molecule has 3 amide bonds. The lowest BCUT2D eigenvalue weighted by Crippen LogP contribution is -2.71. The fourth-order valence-corrected chi connectivity index (χ4v) is 5.14. The van der Waals surface area contributed by atoms with E-state index in [2.05, 4.69) is 16.4 Å². The summed E-state index contributed by atoms with van der Waals surface area (Å²) in [6.07, 6.45) is 0.882. The van der Waals surface area contributed by atoms with Gasteiger partial charge in [0.1, 0.15) is 11.4 Å². The van der Waals surface area contributed by atoms with Crippen molar-refractivity contribution in [3.05, 3.63) is 0 Å². The third-order valence-electron chi connectivity index (χ3n) is 4.97. The second-order valence-electron chi connectivity index (χ2n) is 7.56. The first-order valence-electron chi connectivity index (χ1n) is 9.29. The molecule has 0 aromatic rings. The normalized spacial score (nSPS) is 25.6. The number of fused-ring (bicyclic) bond motifs is 1. The van der Waals surface area contributed by atoms with Gasteiger partial charge in [-0.3, -0.25) is 14.4 Å². The number of β-lactam (4-membered cyclic amide) rings is 1. The number of carbonyl (C=O) groups excluding carboxylic acids is 5. The monoisotopic (exact) mass is 429 g/mol. The summed E-state index contributed by atoms with van der Waals surface area (Å²) in [7, 11) is 0. The summed E-state index contributed by atoms with van der Waals surface area (Å²) in [6.45, 7) is 3.33. The molecular formula is C17H25N4O7S-. The van der Waals surface area contributed by atoms with E-state index in [1.807, 2.05) is 0 Å². The molecule has 0 unspecified atom stereocenters. The molecule has 0 aromatic carbocycles. The van der Waals surface area contributed by atoms with Crippen LogP contribution in [0, 0.1) is 0 Å². The smallest absolute Gasteiger partial charge is 0.275 e. The number of unbranched alkanes of at least 4 members (excludes halogenated alkanes) is 1. The molecular weight excluding hydrogens is 404 g/mol. The van der Waals surface area contributed by atoms with E-state index in [9.17, 15) is 34.2 Å². The van der Waals surface area contributed by atoms with Gasteiger partial charge in [-0.25, -0.2) is 0 Å². The number of carboxylic acid groups (broad SMARTS) is 2. The van der Waals surface area contributed by atoms with Crippen LogP contribution in [0.15, 0.2) is 0 Å². The van der Waals surface area contributed by atoms with Crippen molar-refractivity contribution in [2.75, 3.05) is 6.54 Å². The van der Waals surface area contributed by atoms with Crippen LogP contribution in [0.2, 0.25) is 0 Å². The molecule has 0 aromatic heterocycles. The second-order valence-corrected chi connectivity index (χ2v) is 9.33. The zero-order valence-electron chi connectivity index (χ0n) is 16.3. The zero-order chi connectivity index (χ0) is 21.9. The predicted molar refractivity (Wildman–Crippen MR) is 96.2 cm³/mol. The van der Waals surface area contributed by atoms with E-state index < -0.39 is 52.0 Å². The van der Waals surface area contributed by atoms with Gasteiger partial charge in [0.05, 0.1) is 24.0 Å². The highest BCUT2D eigenvalue weighted by Gasteiger charge is 2.62. The maximum atomic E-state index is 12.3. The molecule has 162 valence electrons. The Morgan fingerprint density at radius 3 is 2.41 bits per heavy atom. The molecule has 29 heavy (non-hydrogen) atoms. The molecule has 0 radical (unpaired) electrons. The van der Waals surface area contributed by atoms with Crippen LogP contribution in [-0.4, -0.2) is 69.4 Å². The summed E-state index contributed by atoms with van der Waals surface area (Å²) in [4.78, 5) is 59.3. The van der Waals surface area contributed by atoms with Crippen LogP contribution in [-0.2, 0) is 24.0 Å². The zero-order valence-corrected chi connectivity index (χ0v) is 17.1. The van der Waals surface area contributed by atoms with Crippen molar-refractivity contribution in [2.24, 2.45) is 0 Å². The van der Waals surface area contributed by atoms with E-state index in [0.717, 1.165) is 0 Å². The van der Waals surface area contributed by atoms with Crippen molar-refractivity contribution >= 4 is 41.4 Å². The Morgan fingerprint density at radius 2 is 1.86 bits per heavy atom. The Hall–Kier alpha value is -2.34. The van der Waals surface area contributed by atoms with Gasteiger partial charge in [0.2, 0.25) is 11.8 Å². The van der Waals surface area contributed by atoms with Gasteiger partial charge >= 0.3 is 0 Å². The van der Waals surface area contributed by atoms with Crippen LogP contribution in [0.25, 0.3) is 0 Å². The van der Waals surface area contributed by atoms with E-state index in [1.165, 1.54) is 16.7 Å². The molecule has 0 aliphatic carbocycles. The average molecular weight is 429 g/mol. The van der Waals surface area contributed by atoms with Crippen LogP contribution in [0.4, 0.5) is 0 Å². The van der Waals surface area contributed by atoms with E-state index >= 15 is 0 Å². The lowest BCUT2D eigenvalue weighted by molar-refractivity contribution is -0.355. The van der Waals surface area contributed by atoms with Gasteiger partial charge in [-0.05, 0) is 26.7 Å². The molecule has 2 heterocycles. The van der Waals surface area contributed by atoms with Crippen molar-refractivity contribution in [2.45, 2.75) is 67.8 Å². The van der Waals surface area contributed by atoms with Gasteiger partial charge in [-0.2, -0.15) is 0 Å². The Labute approximate surface area is 171 Å². The van der Waals surface area contributed by atoms with Gasteiger partial charge in [0.25, 0.3) is 5.91 Å². The van der Waals surface area contributed by atoms with Crippen molar-refractivity contribution < 1.29 is 39.9 Å². The van der Waals surface area contributed by atoms with E-state index in [-0.39, 0.29) is 25.3 Å². The highest BCUT2D eigenvalue weighted by Crippen LogP contribution is 2.50. The molecule has 5 N–H and O–H groups in total. The molecule has 2 rings (SSSR count). The molecule has 12 heteroatoms. The van der Waals surface area contributed by atoms with Crippen LogP contribution in [0.1, 0.15) is 39.5 Å². The van der Waals surface area contributed by atoms with Crippen LogP contribution >= 0.6 is 11.8 Å². The summed E-state index contributed by atoms with van der Waals surface area (Å²) in [5, 5.41) is 26.8. The minimum absolute atomic E-state index is 0.0670. The van der Waals surface area contributed by atoms with Crippen LogP contribution in [0.3, 0.4) is 0 Å². The second kappa shape index (κ2) is 8.99. The van der Waals surface area contributed by atoms with Gasteiger partial charge in [0.15, 0.2) is 6.54 Å². The maximum Gasteiger partial charge on any atom is 0.275 e. The standard InChI is InChI=1S/C17H26N4O7S/c1-17(2)12(16(27)28)21-13(24)11(14(21)29-17)20-9(22)6-4-3-5-8(15(25)26)19-10(23)7-18/h8,11-12,14H,3-7,18H2,1-2H3,(H,19,23)(H,20,22)(H,25,26)(H,27,28)/p-1/t8-,11+,12-,14+/m0/s1. The summed E-state index contributed by atoms with van der Waals surface area (Å²) in [5.41, 5.74) is 3.36. The minimum Gasteiger partial charge on any atom is -0.548 e. The van der Waals surface area contributed by atoms with Crippen LogP contribution < -0.4 is 26.6 Å². The Kier molecular flexibility index (Phi) is 7.11. The highest BCUT2D eigenvalue weighted by molar-refractivity contribution is 8.01. The number of carbonyl (C=O) groups is 5. The molecule has 11 nitrogen and oxygen atoms in total. The number of thioether (sulfide) groups is 1. The van der Waals surface area contributed by atoms with E-state index in [4.69, 9.17) is 0 Å². The lowest BCUT2D eigenvalue weighted by atomic mass is 9.96. The Bertz CT molecular complexity index is 714. The summed E-state index contributed by atoms with van der Waals surface area (Å²) < 4.78 is -0.725. The number of rotatable bonds is 10. The Balaban J connectivity index is 1.78. The molecule has 0 saturated carbocycles. The quantitative estimate of drug-likeness (QED) is 0.228. The van der Waals surface area contributed by atoms with E-state index in [0.29, 0.717) is 12.8 Å². The molecule has 4 atom stereocenters. The fourth-order valence-electron chi connectivity index (χ4n) is 3.52. The first-order valence-corrected chi connectivity index (χ1v) is 10.2. The third kappa shape index (κ3) is 4.99. The van der Waals surface area contributed by atoms with Crippen molar-refractivity contribution in [1.82, 2.24) is 15.5 Å². The maximum absolute atomic E-state index is 12.3. The van der Waals surface area contributed by atoms with Crippen LogP contribution in [0.5, 0.6) is 0 Å². The lowest BCUT2D eigenvalue weighted by Gasteiger charge is -2.45. The topological polar surface area (TPSA) is 186 Å². The number of nitrogens with zero attached hydrogens (tertiary/aromatic N) is 1. The Morgan fingerprint density at radius 1 is 1.21 bits per heavy atom. The minimum atomic E-state index is -1.40. The number of hydrogen-bond donors (Lipinski definition) is 3. The van der Waals surface area contributed by atoms with E-state index in [1.54, 1.807) is 13.8 Å². The number of hydrogen-bond acceptors (Lipinski definition) is 8. The van der Waals surface area contributed by atoms with Gasteiger partial charge in [0, 0.05) is 11.2 Å². The first kappa shape index (κ1) is 22.9. The fraction of sp³-hybridized carbons (Fsp3) is 0.706. The molecule has 0 bridgehead atoms. The number of nitrogens with one attached hydrogen (secondary N) is 2. The molecule has 2 aliphatic heterocycles. The average Bonchev–Trinajstić information content (AvgIpc) is 2.89. The summed E-state index contributed by atoms with van der Waals surface area (Å²) >= 11 is 1.30. The third-order valence-corrected chi connectivity index (χ3v) is 6.55. The molecule has 0 spiro atoms. The summed E-state index contributed by atoms with van der Waals surface area (Å²) in [6, 6.07) is -2.98. The SMILES string of the molecule is CC1(C)S[C@@H]2[C@H](NC(=O)CCCC[C@H](NC(=O)C[NH3+])C(=O)[O-])C(=O)N2[C@H]1C(=O)[O-]. The number of quaternary nitrogens is 1. The number of aliphatic carboxylic acids is 2. The van der Waals surface area contributed by atoms with Crippen molar-refractivity contribution in [3.8, 4) is 0 Å². The molecule has 2 fully saturated rings. The molecule has 2 aliphatic rings. The number of carboxylic acids is 2. The first-order chi connectivity index (χ1) is 13.5. The van der Waals surface area contributed by atoms with Gasteiger partial charge in [-0.1, -0.05) is 6.42 Å². The van der Waals surface area contributed by atoms with Gasteiger partial charge in [-0.15, -0.1) is 11.8 Å².